The molecule has 1 aromatic carbocycles. The quantitative estimate of drug-likeness (QED) is 0.740. The fourth-order valence-corrected chi connectivity index (χ4v) is 3.05. The van der Waals surface area contributed by atoms with Crippen LogP contribution in [-0.4, -0.2) is 9.38 Å². The number of thiazole rings is 1. The molecule has 0 amide bonds. The molecule has 2 heterocycles. The maximum Gasteiger partial charge on any atom is 0.194 e. The van der Waals surface area contributed by atoms with E-state index in [1.165, 1.54) is 0 Å². The monoisotopic (exact) mass is 311 g/mol. The Morgan fingerprint density at radius 1 is 1.14 bits per heavy atom. The molecule has 0 spiro atoms. The summed E-state index contributed by atoms with van der Waals surface area (Å²) in [7, 11) is 0. The number of rotatable bonds is 3. The first-order chi connectivity index (χ1) is 9.95. The fraction of sp³-hybridized carbons (Fsp3) is 0.214. The number of hydrogen-bond acceptors (Lipinski definition) is 3. The van der Waals surface area contributed by atoms with Gasteiger partial charge in [-0.15, -0.1) is 11.3 Å². The summed E-state index contributed by atoms with van der Waals surface area (Å²) in [6.45, 7) is 4.10. The van der Waals surface area contributed by atoms with Gasteiger partial charge in [0, 0.05) is 23.2 Å². The molecule has 0 saturated heterocycles. The van der Waals surface area contributed by atoms with Crippen molar-refractivity contribution in [3.63, 3.8) is 0 Å². The first-order valence-electron chi connectivity index (χ1n) is 6.28. The zero-order valence-electron chi connectivity index (χ0n) is 11.4. The average Bonchev–Trinajstić information content (AvgIpc) is 2.88. The zero-order chi connectivity index (χ0) is 15.1. The van der Waals surface area contributed by atoms with Crippen LogP contribution in [0.5, 0.6) is 0 Å². The Morgan fingerprint density at radius 2 is 1.86 bits per heavy atom. The van der Waals surface area contributed by atoms with Crippen molar-refractivity contribution < 1.29 is 13.2 Å². The summed E-state index contributed by atoms with van der Waals surface area (Å²) < 4.78 is 41.6. The van der Waals surface area contributed by atoms with Crippen molar-refractivity contribution in [2.75, 3.05) is 5.32 Å². The van der Waals surface area contributed by atoms with Gasteiger partial charge in [-0.1, -0.05) is 0 Å². The second kappa shape index (κ2) is 5.07. The number of anilines is 1. The minimum absolute atomic E-state index is 0.0739. The molecule has 0 saturated carbocycles. The molecule has 3 rings (SSSR count). The summed E-state index contributed by atoms with van der Waals surface area (Å²) in [6, 6.07) is 1.35. The number of aryl methyl sites for hydroxylation is 2. The fourth-order valence-electron chi connectivity index (χ4n) is 2.16. The predicted octanol–water partition coefficient (Wildman–Crippen LogP) is 4.04. The summed E-state index contributed by atoms with van der Waals surface area (Å²) >= 11 is 1.56. The molecule has 0 atom stereocenters. The number of imidazole rings is 1. The normalized spacial score (nSPS) is 11.3. The number of nitrogens with one attached hydrogen (secondary N) is 1. The summed E-state index contributed by atoms with van der Waals surface area (Å²) in [4.78, 5) is 6.38. The van der Waals surface area contributed by atoms with Crippen LogP contribution in [-0.2, 0) is 6.54 Å². The molecule has 21 heavy (non-hydrogen) atoms. The van der Waals surface area contributed by atoms with Crippen LogP contribution in [0, 0.1) is 31.3 Å². The summed E-state index contributed by atoms with van der Waals surface area (Å²) in [5.74, 6) is -3.11. The lowest BCUT2D eigenvalue weighted by Gasteiger charge is -2.08. The maximum absolute atomic E-state index is 13.6. The predicted molar refractivity (Wildman–Crippen MR) is 76.2 cm³/mol. The third-order valence-corrected chi connectivity index (χ3v) is 4.10. The molecule has 110 valence electrons. The molecule has 0 aliphatic heterocycles. The molecule has 1 N–H and O–H groups in total. The van der Waals surface area contributed by atoms with Gasteiger partial charge in [0.1, 0.15) is 5.82 Å². The highest BCUT2D eigenvalue weighted by molar-refractivity contribution is 7.17. The molecular formula is C14H12F3N3S. The van der Waals surface area contributed by atoms with Crippen LogP contribution < -0.4 is 5.32 Å². The highest BCUT2D eigenvalue weighted by Crippen LogP contribution is 2.23. The average molecular weight is 311 g/mol. The van der Waals surface area contributed by atoms with Crippen LogP contribution in [0.3, 0.4) is 0 Å². The summed E-state index contributed by atoms with van der Waals surface area (Å²) in [5.41, 5.74) is 1.60. The van der Waals surface area contributed by atoms with Gasteiger partial charge in [0.25, 0.3) is 0 Å². The van der Waals surface area contributed by atoms with Crippen molar-refractivity contribution in [3.8, 4) is 0 Å². The van der Waals surface area contributed by atoms with E-state index in [2.05, 4.69) is 10.3 Å². The first-order valence-corrected chi connectivity index (χ1v) is 7.09. The van der Waals surface area contributed by atoms with Crippen LogP contribution in [0.15, 0.2) is 18.3 Å². The van der Waals surface area contributed by atoms with Gasteiger partial charge in [0.2, 0.25) is 0 Å². The van der Waals surface area contributed by atoms with Gasteiger partial charge >= 0.3 is 0 Å². The smallest absolute Gasteiger partial charge is 0.194 e. The molecule has 0 aliphatic rings. The number of aromatic nitrogens is 2. The van der Waals surface area contributed by atoms with E-state index in [1.807, 2.05) is 24.4 Å². The minimum atomic E-state index is -1.20. The van der Waals surface area contributed by atoms with E-state index in [0.717, 1.165) is 27.3 Å². The lowest BCUT2D eigenvalue weighted by Crippen LogP contribution is -2.06. The van der Waals surface area contributed by atoms with Gasteiger partial charge in [-0.05, 0) is 13.8 Å². The van der Waals surface area contributed by atoms with Gasteiger partial charge in [-0.25, -0.2) is 18.2 Å². The number of halogens is 3. The van der Waals surface area contributed by atoms with Gasteiger partial charge in [0.15, 0.2) is 16.6 Å². The van der Waals surface area contributed by atoms with Crippen LogP contribution >= 0.6 is 11.3 Å². The van der Waals surface area contributed by atoms with Crippen molar-refractivity contribution in [2.24, 2.45) is 0 Å². The molecule has 3 nitrogen and oxygen atoms in total. The van der Waals surface area contributed by atoms with Crippen molar-refractivity contribution in [2.45, 2.75) is 20.4 Å². The number of benzene rings is 1. The molecular weight excluding hydrogens is 299 g/mol. The lowest BCUT2D eigenvalue weighted by atomic mass is 10.2. The second-order valence-corrected chi connectivity index (χ2v) is 5.95. The SMILES string of the molecule is Cc1cn2c(CNc3cc(F)c(F)cc3F)c(C)nc2s1. The Hall–Kier alpha value is -2.02. The summed E-state index contributed by atoms with van der Waals surface area (Å²) in [6.07, 6.45) is 1.94. The highest BCUT2D eigenvalue weighted by atomic mass is 32.1. The van der Waals surface area contributed by atoms with E-state index in [-0.39, 0.29) is 12.2 Å². The molecule has 2 aromatic heterocycles. The van der Waals surface area contributed by atoms with Crippen LogP contribution in [0.4, 0.5) is 18.9 Å². The Kier molecular flexibility index (Phi) is 3.36. The van der Waals surface area contributed by atoms with Crippen molar-refractivity contribution in [1.82, 2.24) is 9.38 Å². The number of hydrogen-bond donors (Lipinski definition) is 1. The van der Waals surface area contributed by atoms with E-state index in [1.54, 1.807) is 11.3 Å². The van der Waals surface area contributed by atoms with Gasteiger partial charge < -0.3 is 5.32 Å². The number of fused-ring (bicyclic) bond motifs is 1. The van der Waals surface area contributed by atoms with Crippen LogP contribution in [0.2, 0.25) is 0 Å². The molecule has 0 aliphatic carbocycles. The first kappa shape index (κ1) is 13.9. The topological polar surface area (TPSA) is 29.3 Å². The van der Waals surface area contributed by atoms with Gasteiger partial charge in [-0.3, -0.25) is 4.40 Å². The maximum atomic E-state index is 13.6. The third kappa shape index (κ3) is 2.49. The molecule has 0 bridgehead atoms. The van der Waals surface area contributed by atoms with Crippen LogP contribution in [0.25, 0.3) is 4.96 Å². The molecule has 0 unspecified atom stereocenters. The molecule has 0 radical (unpaired) electrons. The summed E-state index contributed by atoms with van der Waals surface area (Å²) in [5, 5.41) is 2.79. The molecule has 7 heteroatoms. The minimum Gasteiger partial charge on any atom is -0.377 e. The molecule has 0 fully saturated rings. The van der Waals surface area contributed by atoms with E-state index >= 15 is 0 Å². The number of nitrogens with zero attached hydrogens (tertiary/aromatic N) is 2. The van der Waals surface area contributed by atoms with Crippen molar-refractivity contribution in [3.05, 3.63) is 52.0 Å². The second-order valence-electron chi connectivity index (χ2n) is 4.74. The lowest BCUT2D eigenvalue weighted by molar-refractivity contribution is 0.496. The van der Waals surface area contributed by atoms with Crippen molar-refractivity contribution >= 4 is 22.0 Å². The van der Waals surface area contributed by atoms with Gasteiger partial charge in [-0.2, -0.15) is 0 Å². The third-order valence-electron chi connectivity index (χ3n) is 3.20. The molecule has 3 aromatic rings. The van der Waals surface area contributed by atoms with Gasteiger partial charge in [0.05, 0.1) is 23.6 Å². The van der Waals surface area contributed by atoms with E-state index in [0.29, 0.717) is 6.07 Å². The Balaban J connectivity index is 1.90. The largest absolute Gasteiger partial charge is 0.377 e. The zero-order valence-corrected chi connectivity index (χ0v) is 12.2. The Bertz CT molecular complexity index is 823. The Labute approximate surface area is 123 Å². The van der Waals surface area contributed by atoms with Crippen LogP contribution in [0.1, 0.15) is 16.3 Å². The van der Waals surface area contributed by atoms with Crippen molar-refractivity contribution in [1.29, 1.82) is 0 Å². The standard InChI is InChI=1S/C14H12F3N3S/c1-7-6-20-13(8(2)19-14(20)21-7)5-18-12-4-10(16)9(15)3-11(12)17/h3-4,6,18H,5H2,1-2H3. The highest BCUT2D eigenvalue weighted by Gasteiger charge is 2.13. The van der Waals surface area contributed by atoms with E-state index in [4.69, 9.17) is 0 Å². The van der Waals surface area contributed by atoms with E-state index in [9.17, 15) is 13.2 Å². The van der Waals surface area contributed by atoms with E-state index < -0.39 is 17.5 Å². The Morgan fingerprint density at radius 3 is 2.62 bits per heavy atom.